The Morgan fingerprint density at radius 1 is 1.10 bits per heavy atom. The minimum Gasteiger partial charge on any atom is -0.468 e. The topological polar surface area (TPSA) is 39.2 Å². The summed E-state index contributed by atoms with van der Waals surface area (Å²) in [6, 6.07) is 16.8. The maximum absolute atomic E-state index is 6.30. The van der Waals surface area contributed by atoms with E-state index in [0.29, 0.717) is 0 Å². The molecule has 20 heavy (non-hydrogen) atoms. The lowest BCUT2D eigenvalue weighted by molar-refractivity contribution is 0.527. The first-order valence-electron chi connectivity index (χ1n) is 6.65. The number of nitrogens with two attached hydrogens (primary N) is 1. The molecule has 0 fully saturated rings. The molecule has 0 aliphatic heterocycles. The molecule has 3 rings (SSSR count). The molecule has 0 spiro atoms. The van der Waals surface area contributed by atoms with Gasteiger partial charge < -0.3 is 10.2 Å². The third-order valence-electron chi connectivity index (χ3n) is 3.43. The SMILES string of the molecule is Cc1occc1SCC(N)c1ccc2ccccc2c1. The highest BCUT2D eigenvalue weighted by Gasteiger charge is 2.09. The Bertz CT molecular complexity index is 720. The Morgan fingerprint density at radius 3 is 2.65 bits per heavy atom. The van der Waals surface area contributed by atoms with Crippen LogP contribution in [0.4, 0.5) is 0 Å². The van der Waals surface area contributed by atoms with E-state index < -0.39 is 0 Å². The van der Waals surface area contributed by atoms with E-state index in [9.17, 15) is 0 Å². The fourth-order valence-corrected chi connectivity index (χ4v) is 3.19. The molecule has 0 radical (unpaired) electrons. The van der Waals surface area contributed by atoms with Gasteiger partial charge in [0.05, 0.1) is 6.26 Å². The summed E-state index contributed by atoms with van der Waals surface area (Å²) >= 11 is 1.74. The molecule has 3 heteroatoms. The second-order valence-electron chi connectivity index (χ2n) is 4.87. The number of benzene rings is 2. The van der Waals surface area contributed by atoms with Crippen molar-refractivity contribution in [2.75, 3.05) is 5.75 Å². The quantitative estimate of drug-likeness (QED) is 0.715. The van der Waals surface area contributed by atoms with Gasteiger partial charge in [0.25, 0.3) is 0 Å². The molecule has 0 amide bonds. The minimum atomic E-state index is 0.0268. The van der Waals surface area contributed by atoms with Crippen molar-refractivity contribution in [1.82, 2.24) is 0 Å². The van der Waals surface area contributed by atoms with Crippen molar-refractivity contribution in [2.24, 2.45) is 5.73 Å². The zero-order valence-electron chi connectivity index (χ0n) is 11.4. The van der Waals surface area contributed by atoms with Gasteiger partial charge >= 0.3 is 0 Å². The Kier molecular flexibility index (Phi) is 3.81. The first kappa shape index (κ1) is 13.3. The largest absolute Gasteiger partial charge is 0.468 e. The summed E-state index contributed by atoms with van der Waals surface area (Å²) in [5, 5.41) is 2.49. The molecule has 102 valence electrons. The number of aryl methyl sites for hydroxylation is 1. The van der Waals surface area contributed by atoms with Crippen molar-refractivity contribution in [1.29, 1.82) is 0 Å². The van der Waals surface area contributed by atoms with Gasteiger partial charge in [0, 0.05) is 16.7 Å². The van der Waals surface area contributed by atoms with E-state index in [1.165, 1.54) is 21.2 Å². The molecule has 0 aliphatic rings. The minimum absolute atomic E-state index is 0.0268. The van der Waals surface area contributed by atoms with E-state index in [0.717, 1.165) is 11.5 Å². The van der Waals surface area contributed by atoms with Crippen LogP contribution in [0.2, 0.25) is 0 Å². The van der Waals surface area contributed by atoms with Crippen molar-refractivity contribution < 1.29 is 4.42 Å². The highest BCUT2D eigenvalue weighted by atomic mass is 32.2. The van der Waals surface area contributed by atoms with Crippen molar-refractivity contribution in [3.8, 4) is 0 Å². The van der Waals surface area contributed by atoms with Crippen LogP contribution in [0.25, 0.3) is 10.8 Å². The predicted molar refractivity (Wildman–Crippen MR) is 85.0 cm³/mol. The highest BCUT2D eigenvalue weighted by molar-refractivity contribution is 7.99. The zero-order chi connectivity index (χ0) is 13.9. The molecule has 0 saturated heterocycles. The molecule has 0 aliphatic carbocycles. The van der Waals surface area contributed by atoms with E-state index in [1.54, 1.807) is 18.0 Å². The van der Waals surface area contributed by atoms with Gasteiger partial charge in [0.2, 0.25) is 0 Å². The maximum atomic E-state index is 6.30. The molecule has 2 nitrogen and oxygen atoms in total. The monoisotopic (exact) mass is 283 g/mol. The lowest BCUT2D eigenvalue weighted by Crippen LogP contribution is -2.12. The lowest BCUT2D eigenvalue weighted by Gasteiger charge is -2.12. The van der Waals surface area contributed by atoms with Gasteiger partial charge in [-0.05, 0) is 35.4 Å². The van der Waals surface area contributed by atoms with Crippen LogP contribution in [-0.4, -0.2) is 5.75 Å². The smallest absolute Gasteiger partial charge is 0.114 e. The van der Waals surface area contributed by atoms with Crippen LogP contribution in [0, 0.1) is 6.92 Å². The Morgan fingerprint density at radius 2 is 1.90 bits per heavy atom. The average molecular weight is 283 g/mol. The van der Waals surface area contributed by atoms with Gasteiger partial charge in [-0.15, -0.1) is 11.8 Å². The number of furan rings is 1. The molecular formula is C17H17NOS. The number of fused-ring (bicyclic) bond motifs is 1. The first-order chi connectivity index (χ1) is 9.74. The van der Waals surface area contributed by atoms with E-state index in [1.807, 2.05) is 13.0 Å². The number of thioether (sulfide) groups is 1. The molecule has 1 aromatic heterocycles. The van der Waals surface area contributed by atoms with Gasteiger partial charge in [0.15, 0.2) is 0 Å². The standard InChI is InChI=1S/C17H17NOS/c1-12-17(8-9-19-12)20-11-16(18)15-7-6-13-4-2-3-5-14(13)10-15/h2-10,16H,11,18H2,1H3. The predicted octanol–water partition coefficient (Wildman–Crippen LogP) is 4.53. The second-order valence-corrected chi connectivity index (χ2v) is 5.93. The van der Waals surface area contributed by atoms with Crippen LogP contribution in [0.15, 0.2) is 64.1 Å². The molecule has 2 N–H and O–H groups in total. The normalized spacial score (nSPS) is 12.7. The zero-order valence-corrected chi connectivity index (χ0v) is 12.2. The summed E-state index contributed by atoms with van der Waals surface area (Å²) in [5.74, 6) is 1.80. The third-order valence-corrected chi connectivity index (χ3v) is 4.69. The molecule has 3 aromatic rings. The number of hydrogen-bond donors (Lipinski definition) is 1. The van der Waals surface area contributed by atoms with Crippen molar-refractivity contribution in [2.45, 2.75) is 17.9 Å². The molecule has 0 bridgehead atoms. The van der Waals surface area contributed by atoms with Crippen molar-refractivity contribution in [3.63, 3.8) is 0 Å². The fraction of sp³-hybridized carbons (Fsp3) is 0.176. The molecule has 2 aromatic carbocycles. The Balaban J connectivity index is 1.75. The average Bonchev–Trinajstić information content (AvgIpc) is 2.89. The van der Waals surface area contributed by atoms with Crippen molar-refractivity contribution in [3.05, 3.63) is 66.1 Å². The summed E-state index contributed by atoms with van der Waals surface area (Å²) in [7, 11) is 0. The van der Waals surface area contributed by atoms with E-state index in [2.05, 4.69) is 42.5 Å². The summed E-state index contributed by atoms with van der Waals surface area (Å²) in [6.45, 7) is 1.98. The highest BCUT2D eigenvalue weighted by Crippen LogP contribution is 2.28. The fourth-order valence-electron chi connectivity index (χ4n) is 2.24. The second kappa shape index (κ2) is 5.73. The van der Waals surface area contributed by atoms with Gasteiger partial charge in [-0.1, -0.05) is 36.4 Å². The molecule has 1 heterocycles. The van der Waals surface area contributed by atoms with Crippen LogP contribution in [0.5, 0.6) is 0 Å². The first-order valence-corrected chi connectivity index (χ1v) is 7.64. The van der Waals surface area contributed by atoms with Crippen LogP contribution in [0.3, 0.4) is 0 Å². The van der Waals surface area contributed by atoms with Gasteiger partial charge in [0.1, 0.15) is 5.76 Å². The lowest BCUT2D eigenvalue weighted by atomic mass is 10.0. The van der Waals surface area contributed by atoms with Gasteiger partial charge in [-0.2, -0.15) is 0 Å². The van der Waals surface area contributed by atoms with E-state index in [4.69, 9.17) is 10.2 Å². The van der Waals surface area contributed by atoms with E-state index in [-0.39, 0.29) is 6.04 Å². The van der Waals surface area contributed by atoms with Crippen LogP contribution >= 0.6 is 11.8 Å². The molecule has 1 atom stereocenters. The summed E-state index contributed by atoms with van der Waals surface area (Å²) < 4.78 is 5.30. The van der Waals surface area contributed by atoms with Crippen LogP contribution < -0.4 is 5.73 Å². The summed E-state index contributed by atoms with van der Waals surface area (Å²) in [4.78, 5) is 1.17. The van der Waals surface area contributed by atoms with Gasteiger partial charge in [-0.3, -0.25) is 0 Å². The molecule has 1 unspecified atom stereocenters. The van der Waals surface area contributed by atoms with Crippen molar-refractivity contribution >= 4 is 22.5 Å². The van der Waals surface area contributed by atoms with Crippen LogP contribution in [0.1, 0.15) is 17.4 Å². The van der Waals surface area contributed by atoms with Crippen LogP contribution in [-0.2, 0) is 0 Å². The molecular weight excluding hydrogens is 266 g/mol. The number of rotatable bonds is 4. The van der Waals surface area contributed by atoms with Gasteiger partial charge in [-0.25, -0.2) is 0 Å². The Labute approximate surface area is 123 Å². The number of hydrogen-bond acceptors (Lipinski definition) is 3. The maximum Gasteiger partial charge on any atom is 0.114 e. The Hall–Kier alpha value is -1.71. The third kappa shape index (κ3) is 2.74. The summed E-state index contributed by atoms with van der Waals surface area (Å²) in [6.07, 6.45) is 1.72. The summed E-state index contributed by atoms with van der Waals surface area (Å²) in [5.41, 5.74) is 7.48. The van der Waals surface area contributed by atoms with E-state index >= 15 is 0 Å². The molecule has 0 saturated carbocycles.